The predicted octanol–water partition coefficient (Wildman–Crippen LogP) is 2.57. The van der Waals surface area contributed by atoms with E-state index in [0.717, 1.165) is 25.0 Å². The van der Waals surface area contributed by atoms with E-state index in [9.17, 15) is 4.79 Å². The number of nitrogens with zero attached hydrogens (tertiary/aromatic N) is 1. The van der Waals surface area contributed by atoms with E-state index >= 15 is 0 Å². The summed E-state index contributed by atoms with van der Waals surface area (Å²) < 4.78 is 5.12. The van der Waals surface area contributed by atoms with Gasteiger partial charge < -0.3 is 10.1 Å². The van der Waals surface area contributed by atoms with Crippen LogP contribution < -0.4 is 10.1 Å². The minimum atomic E-state index is -0.0182. The van der Waals surface area contributed by atoms with Gasteiger partial charge in [-0.3, -0.25) is 4.79 Å². The molecule has 1 aromatic rings. The summed E-state index contributed by atoms with van der Waals surface area (Å²) in [4.78, 5) is 16.4. The normalized spacial score (nSPS) is 18.7. The number of amides is 1. The molecule has 1 atom stereocenters. The molecule has 19 heavy (non-hydrogen) atoms. The lowest BCUT2D eigenvalue weighted by Crippen LogP contribution is -2.42. The summed E-state index contributed by atoms with van der Waals surface area (Å²) >= 11 is 0. The molecular formula is C15H22N2O2. The van der Waals surface area contributed by atoms with Gasteiger partial charge in [0.05, 0.1) is 18.4 Å². The van der Waals surface area contributed by atoms with Crippen molar-refractivity contribution in [3.63, 3.8) is 0 Å². The fourth-order valence-corrected chi connectivity index (χ4v) is 2.29. The zero-order chi connectivity index (χ0) is 14.0. The molecule has 1 aliphatic rings. The van der Waals surface area contributed by atoms with Gasteiger partial charge in [-0.1, -0.05) is 20.8 Å². The lowest BCUT2D eigenvalue weighted by Gasteiger charge is -2.28. The van der Waals surface area contributed by atoms with Gasteiger partial charge >= 0.3 is 0 Å². The SMILES string of the molecule is COc1ccc2c(n1)CC(CCC(C)(C)C)NC2=O. The Morgan fingerprint density at radius 1 is 1.42 bits per heavy atom. The first-order valence-corrected chi connectivity index (χ1v) is 6.74. The van der Waals surface area contributed by atoms with Crippen molar-refractivity contribution < 1.29 is 9.53 Å². The van der Waals surface area contributed by atoms with Crippen molar-refractivity contribution in [2.75, 3.05) is 7.11 Å². The molecule has 1 unspecified atom stereocenters. The molecule has 4 heteroatoms. The van der Waals surface area contributed by atoms with Crippen LogP contribution in [0.3, 0.4) is 0 Å². The number of aromatic nitrogens is 1. The molecule has 0 aromatic carbocycles. The summed E-state index contributed by atoms with van der Waals surface area (Å²) in [7, 11) is 1.59. The van der Waals surface area contributed by atoms with E-state index in [2.05, 4.69) is 31.1 Å². The molecular weight excluding hydrogens is 240 g/mol. The van der Waals surface area contributed by atoms with Crippen LogP contribution in [0.5, 0.6) is 5.88 Å². The highest BCUT2D eigenvalue weighted by Gasteiger charge is 2.26. The van der Waals surface area contributed by atoms with Crippen molar-refractivity contribution in [2.24, 2.45) is 5.41 Å². The number of ether oxygens (including phenoxy) is 1. The van der Waals surface area contributed by atoms with Gasteiger partial charge in [0.2, 0.25) is 5.88 Å². The summed E-state index contributed by atoms with van der Waals surface area (Å²) in [5, 5.41) is 3.06. The molecule has 2 rings (SSSR count). The quantitative estimate of drug-likeness (QED) is 0.911. The highest BCUT2D eigenvalue weighted by Crippen LogP contribution is 2.25. The van der Waals surface area contributed by atoms with Gasteiger partial charge in [-0.25, -0.2) is 4.98 Å². The lowest BCUT2D eigenvalue weighted by atomic mass is 9.86. The standard InChI is InChI=1S/C15H22N2O2/c1-15(2,3)8-7-10-9-12-11(14(18)16-10)5-6-13(17-12)19-4/h5-6,10H,7-9H2,1-4H3,(H,16,18). The average Bonchev–Trinajstić information content (AvgIpc) is 2.35. The number of carbonyl (C=O) groups excluding carboxylic acids is 1. The van der Waals surface area contributed by atoms with Crippen molar-refractivity contribution in [3.8, 4) is 5.88 Å². The van der Waals surface area contributed by atoms with Crippen molar-refractivity contribution in [2.45, 2.75) is 46.1 Å². The first-order valence-electron chi connectivity index (χ1n) is 6.74. The Bertz CT molecular complexity index is 478. The Morgan fingerprint density at radius 2 is 2.16 bits per heavy atom. The summed E-state index contributed by atoms with van der Waals surface area (Å²) in [5.74, 6) is 0.554. The van der Waals surface area contributed by atoms with E-state index in [-0.39, 0.29) is 17.4 Å². The zero-order valence-electron chi connectivity index (χ0n) is 12.1. The smallest absolute Gasteiger partial charge is 0.253 e. The Hall–Kier alpha value is -1.58. The molecule has 0 bridgehead atoms. The van der Waals surface area contributed by atoms with Gasteiger partial charge in [0.15, 0.2) is 0 Å². The van der Waals surface area contributed by atoms with Gasteiger partial charge in [0.25, 0.3) is 5.91 Å². The molecule has 1 aliphatic heterocycles. The molecule has 4 nitrogen and oxygen atoms in total. The molecule has 0 fully saturated rings. The van der Waals surface area contributed by atoms with E-state index in [1.54, 1.807) is 19.2 Å². The second kappa shape index (κ2) is 5.19. The fourth-order valence-electron chi connectivity index (χ4n) is 2.29. The number of hydrogen-bond donors (Lipinski definition) is 1. The maximum Gasteiger partial charge on any atom is 0.253 e. The third-order valence-corrected chi connectivity index (χ3v) is 3.42. The van der Waals surface area contributed by atoms with E-state index < -0.39 is 0 Å². The Balaban J connectivity index is 2.11. The monoisotopic (exact) mass is 262 g/mol. The minimum absolute atomic E-state index is 0.0182. The van der Waals surface area contributed by atoms with Crippen LogP contribution in [0.2, 0.25) is 0 Å². The van der Waals surface area contributed by atoms with Crippen molar-refractivity contribution >= 4 is 5.91 Å². The van der Waals surface area contributed by atoms with Crippen LogP contribution in [-0.2, 0) is 6.42 Å². The van der Waals surface area contributed by atoms with Crippen LogP contribution >= 0.6 is 0 Å². The van der Waals surface area contributed by atoms with Crippen molar-refractivity contribution in [1.82, 2.24) is 10.3 Å². The summed E-state index contributed by atoms with van der Waals surface area (Å²) in [5.41, 5.74) is 1.81. The van der Waals surface area contributed by atoms with Crippen LogP contribution in [0.15, 0.2) is 12.1 Å². The van der Waals surface area contributed by atoms with Crippen molar-refractivity contribution in [1.29, 1.82) is 0 Å². The molecule has 0 aliphatic carbocycles. The number of methoxy groups -OCH3 is 1. The molecule has 2 heterocycles. The Kier molecular flexibility index (Phi) is 3.78. The summed E-state index contributed by atoms with van der Waals surface area (Å²) in [6.07, 6.45) is 2.85. The number of rotatable bonds is 3. The second-order valence-electron chi connectivity index (χ2n) is 6.32. The Labute approximate surface area is 114 Å². The second-order valence-corrected chi connectivity index (χ2v) is 6.32. The zero-order valence-corrected chi connectivity index (χ0v) is 12.1. The van der Waals surface area contributed by atoms with Gasteiger partial charge in [-0.2, -0.15) is 0 Å². The van der Waals surface area contributed by atoms with Crippen LogP contribution in [0.1, 0.15) is 49.7 Å². The highest BCUT2D eigenvalue weighted by atomic mass is 16.5. The van der Waals surface area contributed by atoms with Crippen LogP contribution in [-0.4, -0.2) is 24.0 Å². The first-order chi connectivity index (χ1) is 8.89. The predicted molar refractivity (Wildman–Crippen MR) is 74.4 cm³/mol. The van der Waals surface area contributed by atoms with E-state index in [0.29, 0.717) is 11.4 Å². The van der Waals surface area contributed by atoms with E-state index in [1.165, 1.54) is 0 Å². The van der Waals surface area contributed by atoms with Crippen LogP contribution in [0, 0.1) is 5.41 Å². The third-order valence-electron chi connectivity index (χ3n) is 3.42. The Morgan fingerprint density at radius 3 is 2.79 bits per heavy atom. The van der Waals surface area contributed by atoms with Gasteiger partial charge in [-0.15, -0.1) is 0 Å². The lowest BCUT2D eigenvalue weighted by molar-refractivity contribution is 0.0917. The number of hydrogen-bond acceptors (Lipinski definition) is 3. The molecule has 1 amide bonds. The van der Waals surface area contributed by atoms with Gasteiger partial charge in [0.1, 0.15) is 0 Å². The summed E-state index contributed by atoms with van der Waals surface area (Å²) in [6, 6.07) is 3.70. The van der Waals surface area contributed by atoms with E-state index in [4.69, 9.17) is 4.74 Å². The fraction of sp³-hybridized carbons (Fsp3) is 0.600. The number of carbonyl (C=O) groups is 1. The van der Waals surface area contributed by atoms with E-state index in [1.807, 2.05) is 0 Å². The van der Waals surface area contributed by atoms with Crippen LogP contribution in [0.25, 0.3) is 0 Å². The maximum atomic E-state index is 12.0. The molecule has 0 saturated heterocycles. The maximum absolute atomic E-state index is 12.0. The molecule has 104 valence electrons. The van der Waals surface area contributed by atoms with Crippen molar-refractivity contribution in [3.05, 3.63) is 23.4 Å². The van der Waals surface area contributed by atoms with Crippen LogP contribution in [0.4, 0.5) is 0 Å². The molecule has 0 radical (unpaired) electrons. The van der Waals surface area contributed by atoms with Gasteiger partial charge in [-0.05, 0) is 24.3 Å². The molecule has 1 aromatic heterocycles. The minimum Gasteiger partial charge on any atom is -0.481 e. The highest BCUT2D eigenvalue weighted by molar-refractivity contribution is 5.96. The summed E-state index contributed by atoms with van der Waals surface area (Å²) in [6.45, 7) is 6.65. The third kappa shape index (κ3) is 3.46. The number of pyridine rings is 1. The molecule has 1 N–H and O–H groups in total. The molecule has 0 saturated carbocycles. The average molecular weight is 262 g/mol. The number of fused-ring (bicyclic) bond motifs is 1. The van der Waals surface area contributed by atoms with Gasteiger partial charge in [0, 0.05) is 18.5 Å². The molecule has 0 spiro atoms. The first kappa shape index (κ1) is 13.8. The largest absolute Gasteiger partial charge is 0.481 e. The number of nitrogens with one attached hydrogen (secondary N) is 1. The topological polar surface area (TPSA) is 51.2 Å².